The molecule has 10 atom stereocenters. The predicted octanol–water partition coefficient (Wildman–Crippen LogP) is -0.802. The number of hydrogen-bond donors (Lipinski definition) is 6. The van der Waals surface area contributed by atoms with Crippen molar-refractivity contribution in [2.75, 3.05) is 92.9 Å². The first-order valence-corrected chi connectivity index (χ1v) is 21.0. The molecule has 63 heavy (non-hydrogen) atoms. The van der Waals surface area contributed by atoms with E-state index in [4.69, 9.17) is 57.8 Å². The van der Waals surface area contributed by atoms with Gasteiger partial charge in [-0.1, -0.05) is 0 Å². The van der Waals surface area contributed by atoms with Gasteiger partial charge in [0.2, 0.25) is 6.79 Å². The van der Waals surface area contributed by atoms with E-state index in [2.05, 4.69) is 5.32 Å². The van der Waals surface area contributed by atoms with Crippen molar-refractivity contribution in [3.8, 4) is 17.2 Å². The van der Waals surface area contributed by atoms with Gasteiger partial charge in [0.05, 0.1) is 78.0 Å². The maximum Gasteiger partial charge on any atom is 0.415 e. The third kappa shape index (κ3) is 10.7. The van der Waals surface area contributed by atoms with Crippen LogP contribution in [-0.2, 0) is 60.7 Å². The summed E-state index contributed by atoms with van der Waals surface area (Å²) < 4.78 is 62.8. The lowest BCUT2D eigenvalue weighted by molar-refractivity contribution is -0.364. The summed E-state index contributed by atoms with van der Waals surface area (Å²) in [4.78, 5) is 40.6. The van der Waals surface area contributed by atoms with Crippen molar-refractivity contribution in [1.82, 2.24) is 10.2 Å². The number of likely N-dealkylation sites (N-methyl/N-ethyl adjacent to an activating group) is 1. The van der Waals surface area contributed by atoms with Crippen molar-refractivity contribution in [1.29, 1.82) is 0 Å². The normalized spacial score (nSPS) is 28.2. The fourth-order valence-electron chi connectivity index (χ4n) is 8.46. The van der Waals surface area contributed by atoms with Crippen molar-refractivity contribution in [2.45, 2.75) is 69.2 Å². The van der Waals surface area contributed by atoms with Gasteiger partial charge in [-0.05, 0) is 47.9 Å². The summed E-state index contributed by atoms with van der Waals surface area (Å²) in [6.45, 7) is 3.09. The minimum absolute atomic E-state index is 0.0144. The molecular weight excluding hydrogens is 834 g/mol. The second kappa shape index (κ2) is 21.7. The van der Waals surface area contributed by atoms with Crippen LogP contribution in [0.3, 0.4) is 0 Å². The fraction of sp³-hybridized carbons (Fsp3) is 0.643. The Labute approximate surface area is 363 Å². The summed E-state index contributed by atoms with van der Waals surface area (Å²) in [5.41, 5.74) is 7.35. The number of fused-ring (bicyclic) bond motifs is 4. The highest BCUT2D eigenvalue weighted by molar-refractivity contribution is 5.81. The highest BCUT2D eigenvalue weighted by atomic mass is 16.8. The summed E-state index contributed by atoms with van der Waals surface area (Å²) >= 11 is 0. The van der Waals surface area contributed by atoms with Crippen LogP contribution in [0.2, 0.25) is 0 Å². The predicted molar refractivity (Wildman–Crippen MR) is 213 cm³/mol. The molecule has 1 amide bonds. The van der Waals surface area contributed by atoms with Gasteiger partial charge in [0, 0.05) is 49.6 Å². The molecule has 6 unspecified atom stereocenters. The van der Waals surface area contributed by atoms with E-state index in [1.807, 2.05) is 0 Å². The number of carbonyl (C=O) groups is 3. The first-order valence-electron chi connectivity index (χ1n) is 21.0. The van der Waals surface area contributed by atoms with Crippen molar-refractivity contribution in [3.05, 3.63) is 52.1 Å². The SMILES string of the molecule is CC1OCC2OC(O[C@@H]3c4cc5c(cc4[C@@H](c4cc(CO)c(OC(=O)N(C)CCNCC(=O)COCCOCCOCCN)c(CO)c4)[C@H]4C(=O)OC[C@@H]43)OCO5)C(O)C(O)C2O1. The zero-order valence-corrected chi connectivity index (χ0v) is 35.2. The van der Waals surface area contributed by atoms with Crippen LogP contribution in [0.15, 0.2) is 24.3 Å². The Hall–Kier alpha value is -4.07. The molecule has 0 bridgehead atoms. The molecule has 0 saturated carbocycles. The molecule has 7 N–H and O–H groups in total. The van der Waals surface area contributed by atoms with E-state index in [1.165, 1.54) is 11.9 Å². The van der Waals surface area contributed by atoms with Gasteiger partial charge in [-0.25, -0.2) is 4.79 Å². The van der Waals surface area contributed by atoms with Gasteiger partial charge in [0.25, 0.3) is 0 Å². The summed E-state index contributed by atoms with van der Waals surface area (Å²) in [5.74, 6) is -2.20. The van der Waals surface area contributed by atoms with Crippen molar-refractivity contribution in [2.24, 2.45) is 17.6 Å². The van der Waals surface area contributed by atoms with Crippen LogP contribution in [0, 0.1) is 11.8 Å². The smallest absolute Gasteiger partial charge is 0.415 e. The number of aliphatic hydroxyl groups excluding tert-OH is 4. The molecule has 21 heteroatoms. The maximum atomic E-state index is 13.8. The largest absolute Gasteiger partial charge is 0.465 e. The monoisotopic (exact) mass is 891 g/mol. The standard InChI is InChI=1S/C42H57N3O18/c1-22-56-20-32-39(60-22)35(49)36(50)41(61-32)62-38-28-14-31-30(58-21-59-31)13-27(28)33(34-29(38)19-57-40(34)51)23-11-24(16-46)37(25(12-23)17-47)63-42(52)45(2)5-4-44-15-26(48)18-55-10-9-54-8-7-53-6-3-43/h11-14,22,29,32-36,38-39,41,44,46-47,49-50H,3-10,15-21,43H2,1-2H3/t22?,29-,32?,33+,34-,35?,36?,38+,39?,41?/m0/s1. The number of nitrogens with zero attached hydrogens (tertiary/aromatic N) is 1. The molecule has 1 aliphatic carbocycles. The van der Waals surface area contributed by atoms with E-state index in [0.29, 0.717) is 61.2 Å². The number of rotatable bonds is 21. The molecule has 0 spiro atoms. The topological polar surface area (TPSA) is 275 Å². The lowest BCUT2D eigenvalue weighted by Crippen LogP contribution is -2.63. The first kappa shape index (κ1) is 46.9. The zero-order chi connectivity index (χ0) is 44.6. The molecular formula is C42H57N3O18. The number of nitrogens with one attached hydrogen (secondary N) is 1. The Balaban J connectivity index is 1.03. The number of cyclic esters (lactones) is 1. The van der Waals surface area contributed by atoms with Crippen molar-refractivity contribution < 1.29 is 86.9 Å². The molecule has 4 heterocycles. The van der Waals surface area contributed by atoms with Crippen LogP contribution in [0.25, 0.3) is 0 Å². The molecule has 348 valence electrons. The molecule has 2 aromatic carbocycles. The molecule has 4 aliphatic heterocycles. The Bertz CT molecular complexity index is 1880. The third-order valence-electron chi connectivity index (χ3n) is 11.6. The van der Waals surface area contributed by atoms with Gasteiger partial charge in [-0.2, -0.15) is 0 Å². The highest BCUT2D eigenvalue weighted by Crippen LogP contribution is 2.56. The maximum absolute atomic E-state index is 13.8. The van der Waals surface area contributed by atoms with Gasteiger partial charge < -0.3 is 88.5 Å². The second-order valence-corrected chi connectivity index (χ2v) is 15.8. The molecule has 21 nitrogen and oxygen atoms in total. The first-order chi connectivity index (χ1) is 30.5. The number of nitrogens with two attached hydrogens (primary N) is 1. The molecule has 7 rings (SSSR count). The number of amides is 1. The number of ketones is 1. The number of hydrogen-bond acceptors (Lipinski definition) is 20. The Morgan fingerprint density at radius 1 is 0.889 bits per heavy atom. The summed E-state index contributed by atoms with van der Waals surface area (Å²) in [6.07, 6.45) is -8.13. The summed E-state index contributed by atoms with van der Waals surface area (Å²) in [6, 6.07) is 6.70. The van der Waals surface area contributed by atoms with E-state index in [-0.39, 0.29) is 75.5 Å². The van der Waals surface area contributed by atoms with Crippen LogP contribution >= 0.6 is 0 Å². The molecule has 3 fully saturated rings. The summed E-state index contributed by atoms with van der Waals surface area (Å²) in [7, 11) is 1.50. The van der Waals surface area contributed by atoms with E-state index in [9.17, 15) is 34.8 Å². The Morgan fingerprint density at radius 2 is 1.57 bits per heavy atom. The van der Waals surface area contributed by atoms with Gasteiger partial charge >= 0.3 is 12.1 Å². The van der Waals surface area contributed by atoms with Gasteiger partial charge in [0.1, 0.15) is 36.8 Å². The third-order valence-corrected chi connectivity index (χ3v) is 11.6. The Kier molecular flexibility index (Phi) is 16.2. The lowest BCUT2D eigenvalue weighted by Gasteiger charge is -2.47. The van der Waals surface area contributed by atoms with Crippen LogP contribution in [0.4, 0.5) is 4.79 Å². The lowest BCUT2D eigenvalue weighted by atomic mass is 9.66. The fourth-order valence-corrected chi connectivity index (χ4v) is 8.46. The van der Waals surface area contributed by atoms with Crippen LogP contribution in [0.1, 0.15) is 46.8 Å². The number of carbonyl (C=O) groups excluding carboxylic acids is 3. The number of benzene rings is 2. The number of ether oxygens (including phenoxy) is 11. The van der Waals surface area contributed by atoms with Crippen LogP contribution in [-0.4, -0.2) is 173 Å². The van der Waals surface area contributed by atoms with Gasteiger partial charge in [-0.15, -0.1) is 0 Å². The summed E-state index contributed by atoms with van der Waals surface area (Å²) in [5, 5.41) is 46.5. The van der Waals surface area contributed by atoms with Crippen molar-refractivity contribution in [3.63, 3.8) is 0 Å². The quantitative estimate of drug-likeness (QED) is 0.0661. The molecule has 5 aliphatic rings. The average molecular weight is 892 g/mol. The van der Waals surface area contributed by atoms with E-state index < -0.39 is 86.1 Å². The zero-order valence-electron chi connectivity index (χ0n) is 35.2. The van der Waals surface area contributed by atoms with E-state index in [1.54, 1.807) is 31.2 Å². The average Bonchev–Trinajstić information content (AvgIpc) is 3.91. The molecule has 2 aromatic rings. The number of aliphatic hydroxyl groups is 4. The van der Waals surface area contributed by atoms with E-state index >= 15 is 0 Å². The highest BCUT2D eigenvalue weighted by Gasteiger charge is 2.56. The van der Waals surface area contributed by atoms with Crippen LogP contribution in [0.5, 0.6) is 17.2 Å². The number of esters is 1. The molecule has 3 saturated heterocycles. The van der Waals surface area contributed by atoms with Crippen molar-refractivity contribution >= 4 is 17.8 Å². The molecule has 0 aromatic heterocycles. The minimum Gasteiger partial charge on any atom is -0.465 e. The second-order valence-electron chi connectivity index (χ2n) is 15.8. The number of Topliss-reactive ketones (excluding diaryl/α,β-unsaturated/α-hetero) is 1. The van der Waals surface area contributed by atoms with E-state index in [0.717, 1.165) is 0 Å². The Morgan fingerprint density at radius 3 is 2.27 bits per heavy atom. The minimum atomic E-state index is -1.52. The van der Waals surface area contributed by atoms with Crippen LogP contribution < -0.4 is 25.3 Å². The van der Waals surface area contributed by atoms with Gasteiger partial charge in [0.15, 0.2) is 29.9 Å². The molecule has 0 radical (unpaired) electrons. The van der Waals surface area contributed by atoms with Gasteiger partial charge in [-0.3, -0.25) is 9.59 Å².